The van der Waals surface area contributed by atoms with Gasteiger partial charge in [-0.2, -0.15) is 0 Å². The van der Waals surface area contributed by atoms with Crippen LogP contribution in [0.15, 0.2) is 0 Å². The van der Waals surface area contributed by atoms with Crippen molar-refractivity contribution in [3.8, 4) is 0 Å². The first-order valence-electron chi connectivity index (χ1n) is 6.24. The van der Waals surface area contributed by atoms with Gasteiger partial charge in [-0.15, -0.1) is 0 Å². The largest absolute Gasteiger partial charge is 0.0683 e. The van der Waals surface area contributed by atoms with Gasteiger partial charge in [-0.3, -0.25) is 0 Å². The first-order chi connectivity index (χ1) is 6.24. The molecule has 0 aliphatic heterocycles. The van der Waals surface area contributed by atoms with Gasteiger partial charge in [-0.25, -0.2) is 0 Å². The monoisotopic (exact) mass is 235 g/mol. The second kappa shape index (κ2) is 10.1. The molecule has 0 spiro atoms. The van der Waals surface area contributed by atoms with E-state index in [-0.39, 0.29) is 18.6 Å². The van der Waals surface area contributed by atoms with Gasteiger partial charge in [-0.1, -0.05) is 53.9 Å². The number of hydrogen-bond acceptors (Lipinski definition) is 0. The molecule has 1 radical (unpaired) electrons. The normalized spacial score (nSPS) is 25.3. The zero-order valence-corrected chi connectivity index (χ0v) is 12.1. The van der Waals surface area contributed by atoms with Crippen LogP contribution >= 0.6 is 0 Å². The van der Waals surface area contributed by atoms with E-state index < -0.39 is 0 Å². The van der Waals surface area contributed by atoms with Crippen molar-refractivity contribution in [2.24, 2.45) is 17.8 Å². The molecule has 0 aromatic carbocycles. The summed E-state index contributed by atoms with van der Waals surface area (Å²) in [5.74, 6) is 3.05. The molecule has 1 heteroatoms. The Morgan fingerprint density at radius 3 is 2.07 bits per heavy atom. The molecule has 1 aliphatic carbocycles. The van der Waals surface area contributed by atoms with Crippen LogP contribution in [0.1, 0.15) is 66.7 Å². The van der Waals surface area contributed by atoms with Crippen LogP contribution in [0, 0.1) is 17.8 Å². The summed E-state index contributed by atoms with van der Waals surface area (Å²) in [4.78, 5) is 0. The van der Waals surface area contributed by atoms with Crippen molar-refractivity contribution in [2.75, 3.05) is 0 Å². The fourth-order valence-electron chi connectivity index (χ4n) is 2.39. The summed E-state index contributed by atoms with van der Waals surface area (Å²) in [6, 6.07) is 0. The second-order valence-electron chi connectivity index (χ2n) is 4.47. The summed E-state index contributed by atoms with van der Waals surface area (Å²) in [6.07, 6.45) is 7.39. The number of rotatable bonds is 3. The summed E-state index contributed by atoms with van der Waals surface area (Å²) >= 11 is 0. The van der Waals surface area contributed by atoms with Gasteiger partial charge in [-0.05, 0) is 30.6 Å². The van der Waals surface area contributed by atoms with Gasteiger partial charge in [0.1, 0.15) is 0 Å². The molecule has 14 heavy (non-hydrogen) atoms. The molecule has 0 saturated heterocycles. The van der Waals surface area contributed by atoms with E-state index in [4.69, 9.17) is 0 Å². The standard InChI is InChI=1S/C11H22.C2H6.V/c1-4-5-10-6-7-11(8-10)9(2)3;1-2;/h9-11H,4-8H2,1-3H3;1-2H3;. The molecule has 2 unspecified atom stereocenters. The Balaban J connectivity index is 0. The van der Waals surface area contributed by atoms with Gasteiger partial charge in [0.2, 0.25) is 0 Å². The van der Waals surface area contributed by atoms with Crippen molar-refractivity contribution in [1.82, 2.24) is 0 Å². The third-order valence-corrected chi connectivity index (χ3v) is 3.22. The van der Waals surface area contributed by atoms with E-state index in [1.165, 1.54) is 32.1 Å². The maximum atomic E-state index is 2.37. The molecule has 2 atom stereocenters. The molecular weight excluding hydrogens is 207 g/mol. The minimum Gasteiger partial charge on any atom is -0.0683 e. The van der Waals surface area contributed by atoms with Gasteiger partial charge in [0, 0.05) is 18.6 Å². The maximum absolute atomic E-state index is 2.37. The SMILES string of the molecule is CC.CCCC1CCC(C(C)C)C1.[V]. The van der Waals surface area contributed by atoms with Crippen LogP contribution in [0.3, 0.4) is 0 Å². The summed E-state index contributed by atoms with van der Waals surface area (Å²) in [5, 5.41) is 0. The van der Waals surface area contributed by atoms with Crippen LogP contribution in [0.2, 0.25) is 0 Å². The molecule has 0 N–H and O–H groups in total. The first kappa shape index (κ1) is 17.0. The number of hydrogen-bond donors (Lipinski definition) is 0. The van der Waals surface area contributed by atoms with E-state index in [0.717, 1.165) is 17.8 Å². The van der Waals surface area contributed by atoms with Crippen LogP contribution in [0.25, 0.3) is 0 Å². The van der Waals surface area contributed by atoms with Crippen LogP contribution < -0.4 is 0 Å². The van der Waals surface area contributed by atoms with Gasteiger partial charge in [0.25, 0.3) is 0 Å². The maximum Gasteiger partial charge on any atom is 0 e. The Hall–Kier alpha value is 0.584. The predicted octanol–water partition coefficient (Wildman–Crippen LogP) is 4.88. The first-order valence-corrected chi connectivity index (χ1v) is 6.24. The molecule has 0 heterocycles. The summed E-state index contributed by atoms with van der Waals surface area (Å²) in [5.41, 5.74) is 0. The van der Waals surface area contributed by atoms with E-state index in [1.54, 1.807) is 0 Å². The van der Waals surface area contributed by atoms with Gasteiger partial charge < -0.3 is 0 Å². The molecule has 85 valence electrons. The van der Waals surface area contributed by atoms with E-state index in [1.807, 2.05) is 13.8 Å². The Kier molecular flexibility index (Phi) is 12.3. The molecule has 1 fully saturated rings. The molecule has 1 saturated carbocycles. The van der Waals surface area contributed by atoms with E-state index in [9.17, 15) is 0 Å². The Bertz CT molecular complexity index is 110. The average Bonchev–Trinajstić information content (AvgIpc) is 2.57. The molecule has 0 aromatic rings. The molecular formula is C13H28V. The molecule has 0 amide bonds. The smallest absolute Gasteiger partial charge is 0 e. The fraction of sp³-hybridized carbons (Fsp3) is 1.00. The topological polar surface area (TPSA) is 0 Å². The minimum absolute atomic E-state index is 0. The molecule has 0 bridgehead atoms. The molecule has 0 aromatic heterocycles. The van der Waals surface area contributed by atoms with Crippen LogP contribution in [-0.2, 0) is 18.6 Å². The second-order valence-corrected chi connectivity index (χ2v) is 4.47. The van der Waals surface area contributed by atoms with Crippen molar-refractivity contribution < 1.29 is 18.6 Å². The summed E-state index contributed by atoms with van der Waals surface area (Å²) in [6.45, 7) is 11.1. The van der Waals surface area contributed by atoms with Crippen LogP contribution in [0.4, 0.5) is 0 Å². The summed E-state index contributed by atoms with van der Waals surface area (Å²) < 4.78 is 0. The molecule has 0 nitrogen and oxygen atoms in total. The van der Waals surface area contributed by atoms with Crippen molar-refractivity contribution in [3.63, 3.8) is 0 Å². The van der Waals surface area contributed by atoms with E-state index in [0.29, 0.717) is 0 Å². The van der Waals surface area contributed by atoms with Gasteiger partial charge >= 0.3 is 0 Å². The minimum atomic E-state index is 0. The third-order valence-electron chi connectivity index (χ3n) is 3.22. The van der Waals surface area contributed by atoms with Gasteiger partial charge in [0.15, 0.2) is 0 Å². The van der Waals surface area contributed by atoms with Crippen molar-refractivity contribution in [1.29, 1.82) is 0 Å². The zero-order valence-electron chi connectivity index (χ0n) is 10.7. The van der Waals surface area contributed by atoms with Crippen molar-refractivity contribution in [2.45, 2.75) is 66.7 Å². The average molecular weight is 235 g/mol. The summed E-state index contributed by atoms with van der Waals surface area (Å²) in [7, 11) is 0. The quantitative estimate of drug-likeness (QED) is 0.653. The van der Waals surface area contributed by atoms with E-state index >= 15 is 0 Å². The van der Waals surface area contributed by atoms with Crippen LogP contribution in [0.5, 0.6) is 0 Å². The zero-order chi connectivity index (χ0) is 10.3. The Labute approximate surface area is 103 Å². The fourth-order valence-corrected chi connectivity index (χ4v) is 2.39. The van der Waals surface area contributed by atoms with Gasteiger partial charge in [0.05, 0.1) is 0 Å². The molecule has 1 rings (SSSR count). The van der Waals surface area contributed by atoms with Crippen molar-refractivity contribution >= 4 is 0 Å². The van der Waals surface area contributed by atoms with Crippen molar-refractivity contribution in [3.05, 3.63) is 0 Å². The third kappa shape index (κ3) is 6.14. The Morgan fingerprint density at radius 2 is 1.71 bits per heavy atom. The van der Waals surface area contributed by atoms with E-state index in [2.05, 4.69) is 20.8 Å². The molecule has 1 aliphatic rings. The van der Waals surface area contributed by atoms with Crippen LogP contribution in [-0.4, -0.2) is 0 Å². The predicted molar refractivity (Wildman–Crippen MR) is 61.9 cm³/mol. The Morgan fingerprint density at radius 1 is 1.14 bits per heavy atom.